The molecule has 2 aromatic rings. The van der Waals surface area contributed by atoms with Gasteiger partial charge in [-0.05, 0) is 25.0 Å². The topological polar surface area (TPSA) is 105 Å². The summed E-state index contributed by atoms with van der Waals surface area (Å²) in [7, 11) is 1.61. The van der Waals surface area contributed by atoms with Crippen molar-refractivity contribution in [2.45, 2.75) is 19.4 Å². The van der Waals surface area contributed by atoms with E-state index < -0.39 is 5.91 Å². The van der Waals surface area contributed by atoms with E-state index in [2.05, 4.69) is 30.1 Å². The van der Waals surface area contributed by atoms with Gasteiger partial charge in [0.1, 0.15) is 5.56 Å². The monoisotopic (exact) mass is 399 g/mol. The normalized spacial score (nSPS) is 16.9. The molecule has 0 aromatic carbocycles. The Morgan fingerprint density at radius 1 is 1.07 bits per heavy atom. The second-order valence-corrected chi connectivity index (χ2v) is 7.17. The fourth-order valence-electron chi connectivity index (χ4n) is 3.46. The zero-order chi connectivity index (χ0) is 20.2. The van der Waals surface area contributed by atoms with Gasteiger partial charge in [0.2, 0.25) is 11.9 Å². The van der Waals surface area contributed by atoms with E-state index in [4.69, 9.17) is 4.74 Å². The van der Waals surface area contributed by atoms with Crippen LogP contribution in [0.1, 0.15) is 29.0 Å². The molecule has 1 amide bonds. The van der Waals surface area contributed by atoms with E-state index in [0.717, 1.165) is 39.0 Å². The molecule has 0 bridgehead atoms. The number of amides is 1. The lowest BCUT2D eigenvalue weighted by atomic mass is 10.2. The van der Waals surface area contributed by atoms with Crippen LogP contribution in [-0.4, -0.2) is 64.8 Å². The van der Waals surface area contributed by atoms with Crippen molar-refractivity contribution < 1.29 is 9.53 Å². The van der Waals surface area contributed by atoms with E-state index in [1.54, 1.807) is 19.3 Å². The number of aromatic nitrogens is 4. The van der Waals surface area contributed by atoms with Gasteiger partial charge in [0.25, 0.3) is 11.5 Å². The Morgan fingerprint density at radius 3 is 2.41 bits per heavy atom. The number of nitrogens with zero attached hydrogens (tertiary/aromatic N) is 6. The van der Waals surface area contributed by atoms with E-state index in [0.29, 0.717) is 30.9 Å². The van der Waals surface area contributed by atoms with Crippen LogP contribution in [0.15, 0.2) is 23.1 Å². The Morgan fingerprint density at radius 2 is 1.72 bits per heavy atom. The van der Waals surface area contributed by atoms with Crippen LogP contribution in [0.2, 0.25) is 0 Å². The molecular weight excluding hydrogens is 374 g/mol. The Hall–Kier alpha value is -3.01. The van der Waals surface area contributed by atoms with Gasteiger partial charge >= 0.3 is 0 Å². The third-order valence-electron chi connectivity index (χ3n) is 5.12. The third kappa shape index (κ3) is 4.37. The number of hydrogen-bond acceptors (Lipinski definition) is 8. The van der Waals surface area contributed by atoms with Gasteiger partial charge in [0.05, 0.1) is 19.8 Å². The summed E-state index contributed by atoms with van der Waals surface area (Å²) in [5.41, 5.74) is -0.246. The Bertz CT molecular complexity index is 934. The maximum atomic E-state index is 12.5. The number of rotatable bonds is 5. The first-order valence-electron chi connectivity index (χ1n) is 9.88. The molecule has 2 fully saturated rings. The standard InChI is InChI=1S/C19H25N7O3/c1-24-6-4-5-14(17(24)28)16(27)20-13-15-21-18(25-7-2-3-8-25)23-19(22-15)26-9-11-29-12-10-26/h4-6H,2-3,7-13H2,1H3,(H,20,27). The average molecular weight is 399 g/mol. The Kier molecular flexibility index (Phi) is 5.70. The Balaban J connectivity index is 1.55. The lowest BCUT2D eigenvalue weighted by Gasteiger charge is -2.28. The number of anilines is 2. The van der Waals surface area contributed by atoms with Crippen molar-refractivity contribution in [2.75, 3.05) is 49.2 Å². The summed E-state index contributed by atoms with van der Waals surface area (Å²) >= 11 is 0. The van der Waals surface area contributed by atoms with Gasteiger partial charge in [-0.1, -0.05) is 0 Å². The predicted octanol–water partition coefficient (Wildman–Crippen LogP) is -0.0629. The summed E-state index contributed by atoms with van der Waals surface area (Å²) in [4.78, 5) is 42.6. The van der Waals surface area contributed by atoms with Crippen LogP contribution < -0.4 is 20.7 Å². The summed E-state index contributed by atoms with van der Waals surface area (Å²) in [5.74, 6) is 1.27. The molecule has 4 heterocycles. The summed E-state index contributed by atoms with van der Waals surface area (Å²) in [6.45, 7) is 4.65. The van der Waals surface area contributed by atoms with Crippen LogP contribution in [0, 0.1) is 0 Å². The second-order valence-electron chi connectivity index (χ2n) is 7.17. The number of ether oxygens (including phenoxy) is 1. The summed E-state index contributed by atoms with van der Waals surface area (Å²) in [6.07, 6.45) is 3.84. The average Bonchev–Trinajstić information content (AvgIpc) is 3.29. The number of pyridine rings is 1. The number of hydrogen-bond donors (Lipinski definition) is 1. The van der Waals surface area contributed by atoms with Crippen molar-refractivity contribution >= 4 is 17.8 Å². The molecular formula is C19H25N7O3. The van der Waals surface area contributed by atoms with Crippen molar-refractivity contribution in [3.8, 4) is 0 Å². The number of aryl methyl sites for hydroxylation is 1. The summed E-state index contributed by atoms with van der Waals surface area (Å²) in [6, 6.07) is 3.18. The lowest BCUT2D eigenvalue weighted by molar-refractivity contribution is 0.0947. The minimum Gasteiger partial charge on any atom is -0.378 e. The first kappa shape index (κ1) is 19.3. The van der Waals surface area contributed by atoms with Gasteiger partial charge in [0, 0.05) is 39.4 Å². The van der Waals surface area contributed by atoms with Gasteiger partial charge in [-0.3, -0.25) is 9.59 Å². The molecule has 0 saturated carbocycles. The van der Waals surface area contributed by atoms with Gasteiger partial charge in [-0.15, -0.1) is 0 Å². The van der Waals surface area contributed by atoms with Crippen LogP contribution in [0.3, 0.4) is 0 Å². The number of carbonyl (C=O) groups is 1. The fourth-order valence-corrected chi connectivity index (χ4v) is 3.46. The highest BCUT2D eigenvalue weighted by Gasteiger charge is 2.21. The van der Waals surface area contributed by atoms with E-state index in [-0.39, 0.29) is 17.7 Å². The summed E-state index contributed by atoms with van der Waals surface area (Å²) < 4.78 is 6.79. The van der Waals surface area contributed by atoms with E-state index >= 15 is 0 Å². The smallest absolute Gasteiger partial charge is 0.263 e. The maximum Gasteiger partial charge on any atom is 0.263 e. The molecule has 10 heteroatoms. The van der Waals surface area contributed by atoms with Crippen molar-refractivity contribution in [1.82, 2.24) is 24.8 Å². The highest BCUT2D eigenvalue weighted by molar-refractivity contribution is 5.93. The molecule has 29 heavy (non-hydrogen) atoms. The van der Waals surface area contributed by atoms with Crippen LogP contribution in [-0.2, 0) is 18.3 Å². The van der Waals surface area contributed by atoms with Crippen LogP contribution in [0.4, 0.5) is 11.9 Å². The first-order chi connectivity index (χ1) is 14.1. The van der Waals surface area contributed by atoms with Gasteiger partial charge < -0.3 is 24.4 Å². The molecule has 2 saturated heterocycles. The molecule has 1 N–H and O–H groups in total. The molecule has 154 valence electrons. The van der Waals surface area contributed by atoms with E-state index in [1.165, 1.54) is 10.6 Å². The highest BCUT2D eigenvalue weighted by atomic mass is 16.5. The predicted molar refractivity (Wildman–Crippen MR) is 107 cm³/mol. The zero-order valence-corrected chi connectivity index (χ0v) is 16.5. The maximum absolute atomic E-state index is 12.5. The highest BCUT2D eigenvalue weighted by Crippen LogP contribution is 2.19. The van der Waals surface area contributed by atoms with Crippen molar-refractivity contribution in [2.24, 2.45) is 7.05 Å². The minimum atomic E-state index is -0.442. The van der Waals surface area contributed by atoms with E-state index in [9.17, 15) is 9.59 Å². The molecule has 0 aliphatic carbocycles. The summed E-state index contributed by atoms with van der Waals surface area (Å²) in [5, 5.41) is 2.76. The van der Waals surface area contributed by atoms with E-state index in [1.807, 2.05) is 0 Å². The number of morpholine rings is 1. The largest absolute Gasteiger partial charge is 0.378 e. The second kappa shape index (κ2) is 8.56. The third-order valence-corrected chi connectivity index (χ3v) is 5.12. The lowest BCUT2D eigenvalue weighted by Crippen LogP contribution is -2.38. The van der Waals surface area contributed by atoms with Crippen molar-refractivity contribution in [3.05, 3.63) is 40.1 Å². The fraction of sp³-hybridized carbons (Fsp3) is 0.526. The van der Waals surface area contributed by atoms with Crippen molar-refractivity contribution in [1.29, 1.82) is 0 Å². The Labute approximate surface area is 168 Å². The molecule has 0 unspecified atom stereocenters. The quantitative estimate of drug-likeness (QED) is 0.745. The SMILES string of the molecule is Cn1cccc(C(=O)NCc2nc(N3CCCC3)nc(N3CCOCC3)n2)c1=O. The zero-order valence-electron chi connectivity index (χ0n) is 16.5. The van der Waals surface area contributed by atoms with Crippen LogP contribution >= 0.6 is 0 Å². The van der Waals surface area contributed by atoms with Crippen LogP contribution in [0.5, 0.6) is 0 Å². The van der Waals surface area contributed by atoms with Crippen LogP contribution in [0.25, 0.3) is 0 Å². The molecule has 2 aliphatic heterocycles. The molecule has 2 aliphatic rings. The molecule has 0 spiro atoms. The number of nitrogens with one attached hydrogen (secondary N) is 1. The van der Waals surface area contributed by atoms with Gasteiger partial charge in [-0.2, -0.15) is 15.0 Å². The molecule has 10 nitrogen and oxygen atoms in total. The minimum absolute atomic E-state index is 0.0947. The van der Waals surface area contributed by atoms with Crippen molar-refractivity contribution in [3.63, 3.8) is 0 Å². The molecule has 4 rings (SSSR count). The van der Waals surface area contributed by atoms with Gasteiger partial charge in [0.15, 0.2) is 5.82 Å². The molecule has 0 radical (unpaired) electrons. The van der Waals surface area contributed by atoms with Gasteiger partial charge in [-0.25, -0.2) is 0 Å². The number of carbonyl (C=O) groups excluding carboxylic acids is 1. The molecule has 0 atom stereocenters. The first-order valence-corrected chi connectivity index (χ1v) is 9.88. The molecule has 2 aromatic heterocycles.